The Labute approximate surface area is 457 Å². The molecule has 0 aromatic heterocycles. The van der Waals surface area contributed by atoms with Crippen LogP contribution in [0.5, 0.6) is 0 Å². The molecule has 2 nitrogen and oxygen atoms in total. The molecular formula is C75H68N2. The Morgan fingerprint density at radius 3 is 1.04 bits per heavy atom. The third-order valence-electron chi connectivity index (χ3n) is 17.6. The monoisotopic (exact) mass is 997 g/mol. The highest BCUT2D eigenvalue weighted by molar-refractivity contribution is 5.90. The Morgan fingerprint density at radius 2 is 0.610 bits per heavy atom. The summed E-state index contributed by atoms with van der Waals surface area (Å²) in [6.07, 6.45) is 1.10. The molecule has 3 aliphatic rings. The lowest BCUT2D eigenvalue weighted by Crippen LogP contribution is -2.17. The van der Waals surface area contributed by atoms with Gasteiger partial charge in [0.15, 0.2) is 0 Å². The van der Waals surface area contributed by atoms with Crippen molar-refractivity contribution in [3.05, 3.63) is 262 Å². The van der Waals surface area contributed by atoms with Crippen LogP contribution in [-0.2, 0) is 22.7 Å². The first kappa shape index (κ1) is 48.4. The molecule has 0 unspecified atom stereocenters. The smallest absolute Gasteiger partial charge is 0.0465 e. The average molecular weight is 997 g/mol. The van der Waals surface area contributed by atoms with E-state index in [1.54, 1.807) is 0 Å². The van der Waals surface area contributed by atoms with Gasteiger partial charge in [-0.05, 0) is 206 Å². The number of aryl methyl sites for hydroxylation is 2. The Bertz CT molecular complexity index is 3940. The van der Waals surface area contributed by atoms with Crippen molar-refractivity contribution in [3.63, 3.8) is 0 Å². The minimum Gasteiger partial charge on any atom is -0.310 e. The van der Waals surface area contributed by atoms with Gasteiger partial charge in [-0.3, -0.25) is 0 Å². The molecule has 0 spiro atoms. The highest BCUT2D eigenvalue weighted by Crippen LogP contribution is 2.54. The van der Waals surface area contributed by atoms with Crippen molar-refractivity contribution < 1.29 is 0 Å². The van der Waals surface area contributed by atoms with E-state index in [1.807, 2.05) is 0 Å². The summed E-state index contributed by atoms with van der Waals surface area (Å²) in [4.78, 5) is 4.85. The van der Waals surface area contributed by atoms with E-state index < -0.39 is 0 Å². The molecular weight excluding hydrogens is 929 g/mol. The third-order valence-corrected chi connectivity index (χ3v) is 17.6. The Balaban J connectivity index is 0.821. The molecule has 0 saturated carbocycles. The van der Waals surface area contributed by atoms with Crippen LogP contribution in [0.15, 0.2) is 212 Å². The molecule has 0 aliphatic heterocycles. The number of benzene rings is 10. The van der Waals surface area contributed by atoms with E-state index in [-0.39, 0.29) is 16.2 Å². The summed E-state index contributed by atoms with van der Waals surface area (Å²) < 4.78 is 0. The fourth-order valence-corrected chi connectivity index (χ4v) is 13.3. The van der Waals surface area contributed by atoms with Gasteiger partial charge in [0, 0.05) is 50.4 Å². The van der Waals surface area contributed by atoms with E-state index >= 15 is 0 Å². The van der Waals surface area contributed by atoms with Crippen LogP contribution in [0.1, 0.15) is 105 Å². The number of nitrogens with zero attached hydrogens (tertiary/aromatic N) is 2. The summed E-state index contributed by atoms with van der Waals surface area (Å²) in [6.45, 7) is 23.3. The minimum absolute atomic E-state index is 0.0473. The van der Waals surface area contributed by atoms with Crippen LogP contribution >= 0.6 is 0 Å². The van der Waals surface area contributed by atoms with Gasteiger partial charge in [-0.25, -0.2) is 0 Å². The second kappa shape index (κ2) is 18.0. The molecule has 3 aliphatic carbocycles. The zero-order valence-corrected chi connectivity index (χ0v) is 46.4. The number of rotatable bonds is 10. The van der Waals surface area contributed by atoms with Gasteiger partial charge in [0.25, 0.3) is 0 Å². The van der Waals surface area contributed by atoms with E-state index in [9.17, 15) is 0 Å². The van der Waals surface area contributed by atoms with Gasteiger partial charge >= 0.3 is 0 Å². The number of anilines is 6. The van der Waals surface area contributed by atoms with Gasteiger partial charge in [-0.1, -0.05) is 194 Å². The predicted octanol–water partition coefficient (Wildman–Crippen LogP) is 20.7. The quantitative estimate of drug-likeness (QED) is 0.135. The lowest BCUT2D eigenvalue weighted by molar-refractivity contribution is 0.637. The van der Waals surface area contributed by atoms with E-state index in [0.29, 0.717) is 5.92 Å². The average Bonchev–Trinajstić information content (AvgIpc) is 3.99. The van der Waals surface area contributed by atoms with Crippen LogP contribution in [-0.4, -0.2) is 0 Å². The molecule has 0 bridgehead atoms. The number of fused-ring (bicyclic) bond motifs is 9. The summed E-state index contributed by atoms with van der Waals surface area (Å²) in [7, 11) is 0. The van der Waals surface area contributed by atoms with Crippen LogP contribution in [0.4, 0.5) is 34.1 Å². The first-order valence-electron chi connectivity index (χ1n) is 27.8. The Morgan fingerprint density at radius 1 is 0.299 bits per heavy atom. The molecule has 13 rings (SSSR count). The molecule has 77 heavy (non-hydrogen) atoms. The number of hydrogen-bond acceptors (Lipinski definition) is 2. The van der Waals surface area contributed by atoms with Gasteiger partial charge in [-0.2, -0.15) is 0 Å². The number of hydrogen-bond donors (Lipinski definition) is 0. The molecule has 2 heteroatoms. The van der Waals surface area contributed by atoms with E-state index in [1.165, 1.54) is 106 Å². The molecule has 0 fully saturated rings. The SMILES string of the molecule is Cc1ccc(N(c2ccc(-c3ccc4c(c3)C(C)(C)c3ccccc3-4)cc2)c2ccc3c(c2)C(C)(C)c2cc(N(c4ccc(C)cc4)c4ccc(-c5ccc6c(c5)C(C)(C)c5cc(CC(C)C)ccc5-6)cc4)ccc2-3)cc1. The summed E-state index contributed by atoms with van der Waals surface area (Å²) in [5.41, 5.74) is 31.6. The second-order valence-electron chi connectivity index (χ2n) is 24.3. The standard InChI is InChI=1S/C75H68N2/c1-47(2)41-50-19-36-62-64-38-25-54(44-70(64)74(7,8)68(62)42-50)52-22-32-58(33-23-52)77(56-28-17-49(4)18-29-56)60-35-40-66-65-39-34-59(45-71(65)75(9,10)72(66)46-60)76(55-26-15-48(3)16-27-55)57-30-20-51(21-31-57)53-24-37-63-61-13-11-12-14-67(61)73(5,6)69(63)43-53/h11-40,42-47H,41H2,1-10H3. The first-order valence-corrected chi connectivity index (χ1v) is 27.8. The van der Waals surface area contributed by atoms with Crippen LogP contribution in [0.25, 0.3) is 55.6 Å². The minimum atomic E-state index is -0.264. The summed E-state index contributed by atoms with van der Waals surface area (Å²) >= 11 is 0. The van der Waals surface area contributed by atoms with Crippen molar-refractivity contribution in [1.82, 2.24) is 0 Å². The van der Waals surface area contributed by atoms with Crippen LogP contribution in [0, 0.1) is 19.8 Å². The molecule has 0 heterocycles. The van der Waals surface area contributed by atoms with Crippen molar-refractivity contribution in [2.24, 2.45) is 5.92 Å². The van der Waals surface area contributed by atoms with Crippen molar-refractivity contribution in [1.29, 1.82) is 0 Å². The van der Waals surface area contributed by atoms with Crippen molar-refractivity contribution in [2.45, 2.75) is 91.9 Å². The van der Waals surface area contributed by atoms with Crippen LogP contribution in [0.3, 0.4) is 0 Å². The fraction of sp³-hybridized carbons (Fsp3) is 0.200. The van der Waals surface area contributed by atoms with Crippen molar-refractivity contribution >= 4 is 34.1 Å². The van der Waals surface area contributed by atoms with Crippen LogP contribution in [0.2, 0.25) is 0 Å². The topological polar surface area (TPSA) is 6.48 Å². The van der Waals surface area contributed by atoms with Gasteiger partial charge in [0.1, 0.15) is 0 Å². The lowest BCUT2D eigenvalue weighted by atomic mass is 9.81. The second-order valence-corrected chi connectivity index (χ2v) is 24.3. The van der Waals surface area contributed by atoms with Gasteiger partial charge in [0.05, 0.1) is 0 Å². The lowest BCUT2D eigenvalue weighted by Gasteiger charge is -2.29. The van der Waals surface area contributed by atoms with Gasteiger partial charge in [-0.15, -0.1) is 0 Å². The summed E-state index contributed by atoms with van der Waals surface area (Å²) in [5, 5.41) is 0. The molecule has 10 aromatic rings. The summed E-state index contributed by atoms with van der Waals surface area (Å²) in [5.74, 6) is 0.630. The zero-order chi connectivity index (χ0) is 53.1. The third kappa shape index (κ3) is 7.98. The highest BCUT2D eigenvalue weighted by atomic mass is 15.1. The molecule has 0 radical (unpaired) electrons. The van der Waals surface area contributed by atoms with Crippen molar-refractivity contribution in [3.8, 4) is 55.6 Å². The van der Waals surface area contributed by atoms with E-state index in [2.05, 4.69) is 291 Å². The predicted molar refractivity (Wildman–Crippen MR) is 327 cm³/mol. The van der Waals surface area contributed by atoms with E-state index in [4.69, 9.17) is 0 Å². The Hall–Kier alpha value is -8.20. The molecule has 0 N–H and O–H groups in total. The largest absolute Gasteiger partial charge is 0.310 e. The molecule has 10 aromatic carbocycles. The highest BCUT2D eigenvalue weighted by Gasteiger charge is 2.39. The maximum atomic E-state index is 2.47. The Kier molecular flexibility index (Phi) is 11.3. The molecule has 0 amide bonds. The molecule has 0 saturated heterocycles. The first-order chi connectivity index (χ1) is 37.0. The van der Waals surface area contributed by atoms with Gasteiger partial charge in [0.2, 0.25) is 0 Å². The zero-order valence-electron chi connectivity index (χ0n) is 46.4. The fourth-order valence-electron chi connectivity index (χ4n) is 13.3. The molecule has 378 valence electrons. The van der Waals surface area contributed by atoms with Crippen molar-refractivity contribution in [2.75, 3.05) is 9.80 Å². The molecule has 0 atom stereocenters. The van der Waals surface area contributed by atoms with Gasteiger partial charge < -0.3 is 9.80 Å². The maximum Gasteiger partial charge on any atom is 0.0465 e. The summed E-state index contributed by atoms with van der Waals surface area (Å²) in [6, 6.07) is 80.8. The normalized spacial score (nSPS) is 14.6. The van der Waals surface area contributed by atoms with Crippen LogP contribution < -0.4 is 9.80 Å². The van der Waals surface area contributed by atoms with E-state index in [0.717, 1.165) is 40.5 Å². The maximum absolute atomic E-state index is 2.47.